The van der Waals surface area contributed by atoms with Crippen molar-refractivity contribution in [1.82, 2.24) is 14.9 Å². The lowest BCUT2D eigenvalue weighted by Crippen LogP contribution is -2.41. The van der Waals surface area contributed by atoms with Crippen molar-refractivity contribution in [3.8, 4) is 17.1 Å². The Morgan fingerprint density at radius 2 is 1.76 bits per heavy atom. The van der Waals surface area contributed by atoms with E-state index in [2.05, 4.69) is 27.9 Å². The molecule has 1 amide bonds. The second-order valence-corrected chi connectivity index (χ2v) is 9.03. The summed E-state index contributed by atoms with van der Waals surface area (Å²) in [4.78, 5) is 13.6. The Kier molecular flexibility index (Phi) is 6.22. The molecule has 0 aliphatic carbocycles. The number of hydrogen-bond donors (Lipinski definition) is 2. The first-order valence-electron chi connectivity index (χ1n) is 11.1. The van der Waals surface area contributed by atoms with Gasteiger partial charge in [0, 0.05) is 11.3 Å². The Hall–Kier alpha value is -3.78. The minimum absolute atomic E-state index is 0.0882. The van der Waals surface area contributed by atoms with E-state index in [1.54, 1.807) is 7.11 Å². The van der Waals surface area contributed by atoms with Crippen molar-refractivity contribution in [2.24, 2.45) is 0 Å². The fourth-order valence-electron chi connectivity index (χ4n) is 4.05. The van der Waals surface area contributed by atoms with E-state index in [0.717, 1.165) is 34.5 Å². The van der Waals surface area contributed by atoms with Gasteiger partial charge in [-0.3, -0.25) is 4.79 Å². The molecule has 1 aliphatic heterocycles. The third-order valence-corrected chi connectivity index (χ3v) is 7.07. The number of rotatable bonds is 6. The number of amides is 1. The van der Waals surface area contributed by atoms with E-state index in [4.69, 9.17) is 4.74 Å². The molecular weight excluding hydrogens is 446 g/mol. The Morgan fingerprint density at radius 3 is 2.50 bits per heavy atom. The summed E-state index contributed by atoms with van der Waals surface area (Å²) >= 11 is 1.41. The highest BCUT2D eigenvalue weighted by atomic mass is 32.2. The van der Waals surface area contributed by atoms with E-state index in [0.29, 0.717) is 11.0 Å². The van der Waals surface area contributed by atoms with Gasteiger partial charge < -0.3 is 15.5 Å². The van der Waals surface area contributed by atoms with Gasteiger partial charge in [-0.1, -0.05) is 79.3 Å². The van der Waals surface area contributed by atoms with Crippen molar-refractivity contribution in [1.29, 1.82) is 0 Å². The number of anilines is 1. The molecule has 0 saturated heterocycles. The van der Waals surface area contributed by atoms with Crippen LogP contribution in [-0.2, 0) is 11.2 Å². The molecule has 7 nitrogen and oxygen atoms in total. The highest BCUT2D eigenvalue weighted by molar-refractivity contribution is 8.00. The predicted molar refractivity (Wildman–Crippen MR) is 135 cm³/mol. The summed E-state index contributed by atoms with van der Waals surface area (Å²) in [7, 11) is 1.64. The molecule has 0 bridgehead atoms. The normalized spacial score (nSPS) is 16.9. The summed E-state index contributed by atoms with van der Waals surface area (Å²) in [5, 5.41) is 12.1. The van der Waals surface area contributed by atoms with Crippen LogP contribution in [0.5, 0.6) is 5.75 Å². The van der Waals surface area contributed by atoms with Crippen molar-refractivity contribution in [2.75, 3.05) is 17.9 Å². The molecule has 0 radical (unpaired) electrons. The number of fused-ring (bicyclic) bond motifs is 1. The molecule has 8 heteroatoms. The molecular formula is C26H25N5O2S. The molecule has 0 spiro atoms. The number of hydrogen-bond acceptors (Lipinski definition) is 6. The van der Waals surface area contributed by atoms with E-state index >= 15 is 0 Å². The van der Waals surface area contributed by atoms with Crippen LogP contribution in [0.25, 0.3) is 11.4 Å². The molecule has 4 aromatic rings. The summed E-state index contributed by atoms with van der Waals surface area (Å²) < 4.78 is 7.20. The Bertz CT molecular complexity index is 1290. The Balaban J connectivity index is 1.51. The Labute approximate surface area is 202 Å². The molecule has 0 saturated carbocycles. The number of thioether (sulfide) groups is 1. The maximum atomic E-state index is 13.6. The van der Waals surface area contributed by atoms with Crippen molar-refractivity contribution >= 4 is 23.4 Å². The average molecular weight is 472 g/mol. The van der Waals surface area contributed by atoms with Crippen LogP contribution in [-0.4, -0.2) is 33.1 Å². The number of carbonyl (C=O) groups is 1. The first kappa shape index (κ1) is 22.0. The first-order chi connectivity index (χ1) is 16.7. The number of nitrogens with one attached hydrogen (secondary N) is 2. The number of nitrogens with zero attached hydrogens (tertiary/aromatic N) is 3. The predicted octanol–water partition coefficient (Wildman–Crippen LogP) is 4.91. The van der Waals surface area contributed by atoms with Gasteiger partial charge in [-0.05, 0) is 35.7 Å². The number of benzene rings is 3. The standard InChI is InChI=1S/C26H25N5O2S/c1-3-17-9-7-8-12-21(17)27-25(32)23-22(18-13-15-20(33-2)16-14-18)30-31-24(28-29-26(31)34-23)19-10-5-4-6-11-19/h4-16,22-23,30H,3H2,1-2H3,(H,27,32)/t22-,23-/m1/s1. The second kappa shape index (κ2) is 9.61. The van der Waals surface area contributed by atoms with Gasteiger partial charge in [0.25, 0.3) is 0 Å². The third-order valence-electron chi connectivity index (χ3n) is 5.86. The number of methoxy groups -OCH3 is 1. The number of ether oxygens (including phenoxy) is 1. The second-order valence-electron chi connectivity index (χ2n) is 7.93. The highest BCUT2D eigenvalue weighted by Crippen LogP contribution is 2.39. The molecule has 3 aromatic carbocycles. The van der Waals surface area contributed by atoms with Gasteiger partial charge in [0.1, 0.15) is 11.0 Å². The summed E-state index contributed by atoms with van der Waals surface area (Å²) in [5.74, 6) is 1.38. The molecule has 0 unspecified atom stereocenters. The van der Waals surface area contributed by atoms with Gasteiger partial charge in [0.15, 0.2) is 5.82 Å². The lowest BCUT2D eigenvalue weighted by atomic mass is 10.0. The zero-order valence-electron chi connectivity index (χ0n) is 18.9. The minimum atomic E-state index is -0.460. The highest BCUT2D eigenvalue weighted by Gasteiger charge is 2.38. The van der Waals surface area contributed by atoms with E-state index in [9.17, 15) is 4.79 Å². The van der Waals surface area contributed by atoms with Crippen LogP contribution in [0.4, 0.5) is 5.69 Å². The Morgan fingerprint density at radius 1 is 1.03 bits per heavy atom. The number of aromatic nitrogens is 3. The summed E-state index contributed by atoms with van der Waals surface area (Å²) in [6.45, 7) is 2.08. The quantitative estimate of drug-likeness (QED) is 0.416. The summed E-state index contributed by atoms with van der Waals surface area (Å²) in [5.41, 5.74) is 7.36. The number of carbonyl (C=O) groups excluding carboxylic acids is 1. The fourth-order valence-corrected chi connectivity index (χ4v) is 5.12. The van der Waals surface area contributed by atoms with Gasteiger partial charge in [0.2, 0.25) is 11.1 Å². The molecule has 34 heavy (non-hydrogen) atoms. The molecule has 2 atom stereocenters. The van der Waals surface area contributed by atoms with Gasteiger partial charge in [0.05, 0.1) is 13.2 Å². The minimum Gasteiger partial charge on any atom is -0.497 e. The number of aryl methyl sites for hydroxylation is 1. The topological polar surface area (TPSA) is 81.1 Å². The zero-order chi connectivity index (χ0) is 23.5. The van der Waals surface area contributed by atoms with E-state index < -0.39 is 5.25 Å². The molecule has 1 aliphatic rings. The molecule has 172 valence electrons. The van der Waals surface area contributed by atoms with Gasteiger partial charge in [-0.15, -0.1) is 10.2 Å². The lowest BCUT2D eigenvalue weighted by molar-refractivity contribution is -0.116. The molecule has 5 rings (SSSR count). The maximum absolute atomic E-state index is 13.6. The van der Waals surface area contributed by atoms with Crippen molar-refractivity contribution in [3.63, 3.8) is 0 Å². The molecule has 2 N–H and O–H groups in total. The van der Waals surface area contributed by atoms with Gasteiger partial charge in [-0.25, -0.2) is 4.68 Å². The van der Waals surface area contributed by atoms with Crippen molar-refractivity contribution < 1.29 is 9.53 Å². The fraction of sp³-hybridized carbons (Fsp3) is 0.192. The van der Waals surface area contributed by atoms with E-state index in [1.165, 1.54) is 11.8 Å². The van der Waals surface area contributed by atoms with Crippen LogP contribution in [0.1, 0.15) is 24.1 Å². The van der Waals surface area contributed by atoms with Crippen LogP contribution in [0.2, 0.25) is 0 Å². The van der Waals surface area contributed by atoms with Gasteiger partial charge >= 0.3 is 0 Å². The van der Waals surface area contributed by atoms with Crippen LogP contribution in [0, 0.1) is 0 Å². The van der Waals surface area contributed by atoms with Gasteiger partial charge in [-0.2, -0.15) is 0 Å². The smallest absolute Gasteiger partial charge is 0.240 e. The third kappa shape index (κ3) is 4.24. The zero-order valence-corrected chi connectivity index (χ0v) is 19.8. The van der Waals surface area contributed by atoms with Crippen LogP contribution < -0.4 is 15.5 Å². The maximum Gasteiger partial charge on any atom is 0.240 e. The van der Waals surface area contributed by atoms with Crippen molar-refractivity contribution in [2.45, 2.75) is 29.8 Å². The average Bonchev–Trinajstić information content (AvgIpc) is 3.32. The van der Waals surface area contributed by atoms with E-state index in [-0.39, 0.29) is 11.9 Å². The monoisotopic (exact) mass is 471 g/mol. The largest absolute Gasteiger partial charge is 0.497 e. The summed E-state index contributed by atoms with van der Waals surface area (Å²) in [6.07, 6.45) is 0.836. The van der Waals surface area contributed by atoms with Crippen LogP contribution in [0.15, 0.2) is 84.0 Å². The van der Waals surface area contributed by atoms with Crippen LogP contribution in [0.3, 0.4) is 0 Å². The van der Waals surface area contributed by atoms with E-state index in [1.807, 2.05) is 83.5 Å². The summed E-state index contributed by atoms with van der Waals surface area (Å²) in [6, 6.07) is 25.2. The molecule has 2 heterocycles. The molecule has 1 aromatic heterocycles. The first-order valence-corrected chi connectivity index (χ1v) is 12.0. The lowest BCUT2D eigenvalue weighted by Gasteiger charge is -2.33. The number of para-hydroxylation sites is 1. The SMILES string of the molecule is CCc1ccccc1NC(=O)[C@@H]1Sc2nnc(-c3ccccc3)n2N[C@@H]1c1ccc(OC)cc1. The van der Waals surface area contributed by atoms with Crippen LogP contribution >= 0.6 is 11.8 Å². The van der Waals surface area contributed by atoms with Crippen molar-refractivity contribution in [3.05, 3.63) is 90.0 Å². The molecule has 0 fully saturated rings.